The Morgan fingerprint density at radius 3 is 2.67 bits per heavy atom. The first-order chi connectivity index (χ1) is 17.3. The molecule has 3 aromatic rings. The second-order valence-corrected chi connectivity index (χ2v) is 10.2. The van der Waals surface area contributed by atoms with Gasteiger partial charge in [0.05, 0.1) is 30.1 Å². The minimum absolute atomic E-state index is 0.0432. The minimum atomic E-state index is -0.174. The van der Waals surface area contributed by atoms with Crippen LogP contribution in [0, 0.1) is 23.2 Å². The molecule has 2 aliphatic carbocycles. The molecule has 0 radical (unpaired) electrons. The average Bonchev–Trinajstić information content (AvgIpc) is 3.31. The number of nitrogens with zero attached hydrogens (tertiary/aromatic N) is 4. The quantitative estimate of drug-likeness (QED) is 0.470. The summed E-state index contributed by atoms with van der Waals surface area (Å²) in [4.78, 5) is 17.1. The van der Waals surface area contributed by atoms with Gasteiger partial charge in [-0.15, -0.1) is 0 Å². The van der Waals surface area contributed by atoms with Crippen molar-refractivity contribution in [2.75, 3.05) is 11.9 Å². The van der Waals surface area contributed by atoms with Crippen molar-refractivity contribution >= 4 is 17.2 Å². The third-order valence-electron chi connectivity index (χ3n) is 7.91. The highest BCUT2D eigenvalue weighted by Crippen LogP contribution is 2.50. The molecule has 5 rings (SSSR count). The third kappa shape index (κ3) is 4.19. The Bertz CT molecular complexity index is 1340. The minimum Gasteiger partial charge on any atom is -0.492 e. The summed E-state index contributed by atoms with van der Waals surface area (Å²) >= 11 is 0. The fourth-order valence-corrected chi connectivity index (χ4v) is 6.01. The number of pyridine rings is 2. The summed E-state index contributed by atoms with van der Waals surface area (Å²) in [5.41, 5.74) is 3.38. The molecular weight excluding hydrogens is 452 g/mol. The van der Waals surface area contributed by atoms with Crippen LogP contribution < -0.4 is 15.4 Å². The van der Waals surface area contributed by atoms with Gasteiger partial charge in [-0.05, 0) is 76.5 Å². The molecule has 2 fully saturated rings. The zero-order chi connectivity index (χ0) is 25.4. The SMILES string of the molecule is C=C(C)C(=O)NC1(C)C2CCC1CC(Nc1ccc(-c3cc(OCC)cn4ncc(C#N)c34)cn1)C2. The highest BCUT2D eigenvalue weighted by atomic mass is 16.5. The van der Waals surface area contributed by atoms with E-state index in [0.717, 1.165) is 48.1 Å². The Morgan fingerprint density at radius 2 is 2.06 bits per heavy atom. The summed E-state index contributed by atoms with van der Waals surface area (Å²) < 4.78 is 7.40. The highest BCUT2D eigenvalue weighted by molar-refractivity contribution is 5.92. The predicted molar refractivity (Wildman–Crippen MR) is 139 cm³/mol. The predicted octanol–water partition coefficient (Wildman–Crippen LogP) is 4.72. The maximum atomic E-state index is 12.4. The van der Waals surface area contributed by atoms with Crippen LogP contribution in [0.2, 0.25) is 0 Å². The first-order valence-corrected chi connectivity index (χ1v) is 12.6. The zero-order valence-electron chi connectivity index (χ0n) is 21.0. The number of anilines is 1. The monoisotopic (exact) mass is 484 g/mol. The van der Waals surface area contributed by atoms with Crippen LogP contribution in [0.25, 0.3) is 16.6 Å². The van der Waals surface area contributed by atoms with Crippen LogP contribution in [-0.4, -0.2) is 38.7 Å². The number of hydrogen-bond acceptors (Lipinski definition) is 6. The van der Waals surface area contributed by atoms with Gasteiger partial charge in [-0.25, -0.2) is 9.50 Å². The molecule has 2 bridgehead atoms. The van der Waals surface area contributed by atoms with Gasteiger partial charge in [0.1, 0.15) is 17.6 Å². The molecule has 2 atom stereocenters. The Balaban J connectivity index is 1.34. The van der Waals surface area contributed by atoms with Crippen molar-refractivity contribution < 1.29 is 9.53 Å². The highest BCUT2D eigenvalue weighted by Gasteiger charge is 2.52. The summed E-state index contributed by atoms with van der Waals surface area (Å²) in [7, 11) is 0. The standard InChI is InChI=1S/C28H32N6O2/c1-5-36-23-12-24(26-19(13-29)15-31-34(26)16-23)18-6-9-25(30-14-18)32-22-10-20-7-8-21(11-22)28(20,4)33-27(35)17(2)3/h6,9,12,14-16,20-22H,2,5,7-8,10-11H2,1,3-4H3,(H,30,32)(H,33,35). The van der Waals surface area contributed by atoms with Crippen LogP contribution in [-0.2, 0) is 4.79 Å². The van der Waals surface area contributed by atoms with E-state index in [1.165, 1.54) is 0 Å². The smallest absolute Gasteiger partial charge is 0.246 e. The van der Waals surface area contributed by atoms with Crippen LogP contribution in [0.15, 0.2) is 48.9 Å². The van der Waals surface area contributed by atoms with E-state index in [-0.39, 0.29) is 11.4 Å². The molecule has 3 aromatic heterocycles. The molecule has 8 heteroatoms. The summed E-state index contributed by atoms with van der Waals surface area (Å²) in [6, 6.07) is 8.47. The fourth-order valence-electron chi connectivity index (χ4n) is 6.01. The molecule has 2 N–H and O–H groups in total. The van der Waals surface area contributed by atoms with Gasteiger partial charge < -0.3 is 15.4 Å². The van der Waals surface area contributed by atoms with Gasteiger partial charge in [-0.1, -0.05) is 6.58 Å². The molecule has 0 saturated heterocycles. The summed E-state index contributed by atoms with van der Waals surface area (Å²) in [5.74, 6) is 2.32. The number of amides is 1. The second-order valence-electron chi connectivity index (χ2n) is 10.2. The molecule has 3 heterocycles. The lowest BCUT2D eigenvalue weighted by atomic mass is 9.71. The van der Waals surface area contributed by atoms with Crippen molar-refractivity contribution in [3.05, 3.63) is 54.5 Å². The maximum absolute atomic E-state index is 12.4. The number of rotatable bonds is 7. The maximum Gasteiger partial charge on any atom is 0.246 e. The Morgan fingerprint density at radius 1 is 1.31 bits per heavy atom. The lowest BCUT2D eigenvalue weighted by Crippen LogP contribution is -2.57. The van der Waals surface area contributed by atoms with E-state index >= 15 is 0 Å². The first kappa shape index (κ1) is 23.9. The van der Waals surface area contributed by atoms with Crippen molar-refractivity contribution in [1.82, 2.24) is 19.9 Å². The number of hydrogen-bond donors (Lipinski definition) is 2. The van der Waals surface area contributed by atoms with Crippen molar-refractivity contribution in [2.45, 2.75) is 58.0 Å². The van der Waals surface area contributed by atoms with E-state index in [2.05, 4.69) is 35.3 Å². The molecular formula is C28H32N6O2. The molecule has 8 nitrogen and oxygen atoms in total. The second kappa shape index (κ2) is 9.30. The van der Waals surface area contributed by atoms with Crippen molar-refractivity contribution in [2.24, 2.45) is 11.8 Å². The number of ether oxygens (including phenoxy) is 1. The van der Waals surface area contributed by atoms with Gasteiger partial charge >= 0.3 is 0 Å². The normalized spacial score (nSPS) is 24.8. The van der Waals surface area contributed by atoms with Gasteiger partial charge in [-0.2, -0.15) is 10.4 Å². The summed E-state index contributed by atoms with van der Waals surface area (Å²) in [6.45, 7) is 10.2. The van der Waals surface area contributed by atoms with Crippen LogP contribution in [0.4, 0.5) is 5.82 Å². The molecule has 0 aliphatic heterocycles. The Labute approximate surface area is 211 Å². The largest absolute Gasteiger partial charge is 0.492 e. The number of fused-ring (bicyclic) bond motifs is 3. The van der Waals surface area contributed by atoms with Crippen LogP contribution in [0.5, 0.6) is 5.75 Å². The number of nitrogens with one attached hydrogen (secondary N) is 2. The molecule has 186 valence electrons. The van der Waals surface area contributed by atoms with E-state index < -0.39 is 0 Å². The topological polar surface area (TPSA) is 104 Å². The number of carbonyl (C=O) groups excluding carboxylic acids is 1. The molecule has 2 unspecified atom stereocenters. The van der Waals surface area contributed by atoms with E-state index in [1.54, 1.807) is 23.8 Å². The fraction of sp³-hybridized carbons (Fsp3) is 0.429. The van der Waals surface area contributed by atoms with E-state index in [4.69, 9.17) is 9.72 Å². The Kier molecular flexibility index (Phi) is 6.17. The van der Waals surface area contributed by atoms with Gasteiger partial charge in [0.25, 0.3) is 0 Å². The van der Waals surface area contributed by atoms with Crippen molar-refractivity contribution in [3.8, 4) is 22.9 Å². The molecule has 2 saturated carbocycles. The number of nitriles is 1. The van der Waals surface area contributed by atoms with Gasteiger partial charge in [0.2, 0.25) is 5.91 Å². The first-order valence-electron chi connectivity index (χ1n) is 12.6. The molecule has 2 aliphatic rings. The van der Waals surface area contributed by atoms with Crippen molar-refractivity contribution in [1.29, 1.82) is 5.26 Å². The van der Waals surface area contributed by atoms with Gasteiger partial charge in [0.15, 0.2) is 0 Å². The van der Waals surface area contributed by atoms with Gasteiger partial charge in [0, 0.05) is 34.5 Å². The van der Waals surface area contributed by atoms with Crippen LogP contribution >= 0.6 is 0 Å². The van der Waals surface area contributed by atoms with Gasteiger partial charge in [-0.3, -0.25) is 4.79 Å². The van der Waals surface area contributed by atoms with E-state index in [9.17, 15) is 10.1 Å². The molecule has 1 amide bonds. The third-order valence-corrected chi connectivity index (χ3v) is 7.91. The average molecular weight is 485 g/mol. The number of carbonyl (C=O) groups is 1. The number of aromatic nitrogens is 3. The lowest BCUT2D eigenvalue weighted by Gasteiger charge is -2.45. The zero-order valence-corrected chi connectivity index (χ0v) is 21.0. The lowest BCUT2D eigenvalue weighted by molar-refractivity contribution is -0.120. The Hall–Kier alpha value is -3.86. The van der Waals surface area contributed by atoms with Crippen LogP contribution in [0.3, 0.4) is 0 Å². The molecule has 0 aromatic carbocycles. The summed E-state index contributed by atoms with van der Waals surface area (Å²) in [5, 5.41) is 20.8. The molecule has 36 heavy (non-hydrogen) atoms. The van der Waals surface area contributed by atoms with E-state index in [1.807, 2.05) is 31.3 Å². The van der Waals surface area contributed by atoms with Crippen molar-refractivity contribution in [3.63, 3.8) is 0 Å². The van der Waals surface area contributed by atoms with Crippen LogP contribution in [0.1, 0.15) is 52.0 Å². The summed E-state index contributed by atoms with van der Waals surface area (Å²) in [6.07, 6.45) is 9.42. The van der Waals surface area contributed by atoms with E-state index in [0.29, 0.717) is 41.4 Å². The molecule has 0 spiro atoms.